The molecule has 0 aliphatic heterocycles. The predicted molar refractivity (Wildman–Crippen MR) is 36.2 cm³/mol. The second kappa shape index (κ2) is 5.13. The van der Waals surface area contributed by atoms with Crippen LogP contribution in [0.4, 0.5) is 0 Å². The maximum atomic E-state index is 8.40. The van der Waals surface area contributed by atoms with E-state index in [0.717, 1.165) is 12.8 Å². The first-order chi connectivity index (χ1) is 3.81. The quantitative estimate of drug-likeness (QED) is 0.457. The van der Waals surface area contributed by atoms with Gasteiger partial charge < -0.3 is 5.11 Å². The van der Waals surface area contributed by atoms with Gasteiger partial charge in [-0.05, 0) is 12.8 Å². The molecule has 0 aromatic carbocycles. The lowest BCUT2D eigenvalue weighted by atomic mass is 10.2. The Morgan fingerprint density at radius 1 is 1.75 bits per heavy atom. The average molecular weight is 135 g/mol. The highest BCUT2D eigenvalue weighted by atomic mass is 35.5. The monoisotopic (exact) mass is 134 g/mol. The smallest absolute Gasteiger partial charge is 0.0595 e. The largest absolute Gasteiger partial charge is 0.395 e. The fourth-order valence-corrected chi connectivity index (χ4v) is 0.516. The number of halogens is 1. The summed E-state index contributed by atoms with van der Waals surface area (Å²) in [6.45, 7) is 3.59. The van der Waals surface area contributed by atoms with Gasteiger partial charge in [-0.3, -0.25) is 0 Å². The Bertz CT molecular complexity index is 63.5. The van der Waals surface area contributed by atoms with Gasteiger partial charge in [-0.25, -0.2) is 0 Å². The van der Waals surface area contributed by atoms with E-state index < -0.39 is 0 Å². The molecule has 1 N–H and O–H groups in total. The van der Waals surface area contributed by atoms with Crippen LogP contribution in [0.3, 0.4) is 0 Å². The summed E-state index contributed by atoms with van der Waals surface area (Å²) in [5.41, 5.74) is 0. The van der Waals surface area contributed by atoms with Crippen LogP contribution in [0.2, 0.25) is 0 Å². The first-order valence-corrected chi connectivity index (χ1v) is 3.10. The van der Waals surface area contributed by atoms with Crippen molar-refractivity contribution in [2.75, 3.05) is 6.61 Å². The second-order valence-corrected chi connectivity index (χ2v) is 2.26. The van der Waals surface area contributed by atoms with Crippen molar-refractivity contribution < 1.29 is 5.11 Å². The lowest BCUT2D eigenvalue weighted by Crippen LogP contribution is -2.02. The third kappa shape index (κ3) is 4.16. The van der Waals surface area contributed by atoms with Crippen molar-refractivity contribution in [2.45, 2.75) is 18.2 Å². The molecule has 0 fully saturated rings. The SMILES string of the molecule is C=CCCC(Cl)CO. The number of aliphatic hydroxyl groups is 1. The zero-order valence-corrected chi connectivity index (χ0v) is 5.56. The van der Waals surface area contributed by atoms with Crippen molar-refractivity contribution in [1.82, 2.24) is 0 Å². The maximum absolute atomic E-state index is 8.40. The molecule has 0 amide bonds. The third-order valence-electron chi connectivity index (χ3n) is 0.882. The van der Waals surface area contributed by atoms with Crippen molar-refractivity contribution >= 4 is 11.6 Å². The van der Waals surface area contributed by atoms with Gasteiger partial charge in [-0.15, -0.1) is 18.2 Å². The Labute approximate surface area is 55.0 Å². The zero-order chi connectivity index (χ0) is 6.41. The summed E-state index contributed by atoms with van der Waals surface area (Å²) < 4.78 is 0. The summed E-state index contributed by atoms with van der Waals surface area (Å²) in [7, 11) is 0. The Hall–Kier alpha value is -0.0100. The highest BCUT2D eigenvalue weighted by molar-refractivity contribution is 6.20. The van der Waals surface area contributed by atoms with Crippen molar-refractivity contribution in [3.63, 3.8) is 0 Å². The van der Waals surface area contributed by atoms with Crippen LogP contribution < -0.4 is 0 Å². The van der Waals surface area contributed by atoms with Crippen LogP contribution in [0, 0.1) is 0 Å². The van der Waals surface area contributed by atoms with Gasteiger partial charge in [0, 0.05) is 0 Å². The third-order valence-corrected chi connectivity index (χ3v) is 1.24. The molecule has 8 heavy (non-hydrogen) atoms. The van der Waals surface area contributed by atoms with Crippen molar-refractivity contribution in [3.8, 4) is 0 Å². The molecule has 0 radical (unpaired) electrons. The molecule has 48 valence electrons. The molecule has 1 nitrogen and oxygen atoms in total. The fourth-order valence-electron chi connectivity index (χ4n) is 0.390. The van der Waals surface area contributed by atoms with Gasteiger partial charge in [-0.1, -0.05) is 6.08 Å². The van der Waals surface area contributed by atoms with E-state index in [-0.39, 0.29) is 12.0 Å². The summed E-state index contributed by atoms with van der Waals surface area (Å²) in [4.78, 5) is 0. The summed E-state index contributed by atoms with van der Waals surface area (Å²) in [5.74, 6) is 0. The molecule has 0 aliphatic carbocycles. The lowest BCUT2D eigenvalue weighted by molar-refractivity contribution is 0.288. The van der Waals surface area contributed by atoms with E-state index in [1.54, 1.807) is 6.08 Å². The van der Waals surface area contributed by atoms with E-state index in [1.165, 1.54) is 0 Å². The molecule has 0 aromatic rings. The number of rotatable bonds is 4. The van der Waals surface area contributed by atoms with Crippen LogP contribution in [-0.2, 0) is 0 Å². The summed E-state index contributed by atoms with van der Waals surface area (Å²) in [6.07, 6.45) is 3.50. The fraction of sp³-hybridized carbons (Fsp3) is 0.667. The first-order valence-electron chi connectivity index (χ1n) is 2.67. The van der Waals surface area contributed by atoms with Crippen LogP contribution in [-0.4, -0.2) is 17.1 Å². The van der Waals surface area contributed by atoms with Crippen molar-refractivity contribution in [3.05, 3.63) is 12.7 Å². The normalized spacial score (nSPS) is 13.2. The molecule has 2 heteroatoms. The van der Waals surface area contributed by atoms with E-state index in [0.29, 0.717) is 0 Å². The topological polar surface area (TPSA) is 20.2 Å². The minimum absolute atomic E-state index is 0.0649. The minimum Gasteiger partial charge on any atom is -0.395 e. The van der Waals surface area contributed by atoms with Gasteiger partial charge in [0.1, 0.15) is 0 Å². The number of aliphatic hydroxyl groups excluding tert-OH is 1. The minimum atomic E-state index is -0.0898. The number of alkyl halides is 1. The van der Waals surface area contributed by atoms with E-state index in [4.69, 9.17) is 16.7 Å². The van der Waals surface area contributed by atoms with E-state index in [2.05, 4.69) is 6.58 Å². The molecule has 0 saturated heterocycles. The molecule has 0 rings (SSSR count). The molecule has 0 heterocycles. The summed E-state index contributed by atoms with van der Waals surface area (Å²) in [5, 5.41) is 8.31. The number of hydrogen-bond acceptors (Lipinski definition) is 1. The van der Waals surface area contributed by atoms with Crippen molar-refractivity contribution in [1.29, 1.82) is 0 Å². The first kappa shape index (κ1) is 7.99. The van der Waals surface area contributed by atoms with Gasteiger partial charge in [-0.2, -0.15) is 0 Å². The molecule has 0 saturated carbocycles. The van der Waals surface area contributed by atoms with Crippen LogP contribution in [0.15, 0.2) is 12.7 Å². The van der Waals surface area contributed by atoms with E-state index in [9.17, 15) is 0 Å². The molecular formula is C6H11ClO. The Morgan fingerprint density at radius 3 is 2.75 bits per heavy atom. The number of hydrogen-bond donors (Lipinski definition) is 1. The van der Waals surface area contributed by atoms with Gasteiger partial charge in [0.2, 0.25) is 0 Å². The molecule has 0 aromatic heterocycles. The molecule has 0 spiro atoms. The maximum Gasteiger partial charge on any atom is 0.0595 e. The second-order valence-electron chi connectivity index (χ2n) is 1.65. The Kier molecular flexibility index (Phi) is 5.13. The Balaban J connectivity index is 2.97. The molecule has 0 aliphatic rings. The standard InChI is InChI=1S/C6H11ClO/c1-2-3-4-6(7)5-8/h2,6,8H,1,3-5H2. The van der Waals surface area contributed by atoms with Crippen LogP contribution in [0.5, 0.6) is 0 Å². The Morgan fingerprint density at radius 2 is 2.38 bits per heavy atom. The van der Waals surface area contributed by atoms with E-state index >= 15 is 0 Å². The van der Waals surface area contributed by atoms with Gasteiger partial charge >= 0.3 is 0 Å². The highest BCUT2D eigenvalue weighted by Crippen LogP contribution is 2.03. The van der Waals surface area contributed by atoms with Crippen molar-refractivity contribution in [2.24, 2.45) is 0 Å². The molecule has 1 unspecified atom stereocenters. The summed E-state index contributed by atoms with van der Waals surface area (Å²) >= 11 is 5.55. The highest BCUT2D eigenvalue weighted by Gasteiger charge is 1.97. The molecule has 1 atom stereocenters. The van der Waals surface area contributed by atoms with Crippen LogP contribution in [0.25, 0.3) is 0 Å². The predicted octanol–water partition coefficient (Wildman–Crippen LogP) is 1.55. The number of allylic oxidation sites excluding steroid dienone is 1. The van der Waals surface area contributed by atoms with Crippen LogP contribution >= 0.6 is 11.6 Å². The summed E-state index contributed by atoms with van der Waals surface area (Å²) in [6, 6.07) is 0. The van der Waals surface area contributed by atoms with Gasteiger partial charge in [0.25, 0.3) is 0 Å². The molecular weight excluding hydrogens is 124 g/mol. The van der Waals surface area contributed by atoms with E-state index in [1.807, 2.05) is 0 Å². The zero-order valence-electron chi connectivity index (χ0n) is 4.81. The average Bonchev–Trinajstić information content (AvgIpc) is 1.83. The van der Waals surface area contributed by atoms with Gasteiger partial charge in [0.05, 0.1) is 12.0 Å². The van der Waals surface area contributed by atoms with Crippen LogP contribution in [0.1, 0.15) is 12.8 Å². The lowest BCUT2D eigenvalue weighted by Gasteiger charge is -1.99. The molecule has 0 bridgehead atoms. The van der Waals surface area contributed by atoms with Gasteiger partial charge in [0.15, 0.2) is 0 Å².